The van der Waals surface area contributed by atoms with Gasteiger partial charge in [0.05, 0.1) is 23.5 Å². The van der Waals surface area contributed by atoms with Crippen molar-refractivity contribution in [3.05, 3.63) is 0 Å². The van der Waals surface area contributed by atoms with E-state index >= 15 is 0 Å². The van der Waals surface area contributed by atoms with Crippen molar-refractivity contribution in [3.63, 3.8) is 0 Å². The van der Waals surface area contributed by atoms with Crippen LogP contribution < -0.4 is 0 Å². The molecule has 2 aliphatic carbocycles. The minimum atomic E-state index is -1.50. The molecule has 0 aliphatic heterocycles. The predicted molar refractivity (Wildman–Crippen MR) is 145 cm³/mol. The third-order valence-corrected chi connectivity index (χ3v) is 13.6. The molecule has 0 amide bonds. The first-order valence-corrected chi connectivity index (χ1v) is 16.5. The summed E-state index contributed by atoms with van der Waals surface area (Å²) in [7, 11) is -1.50. The Morgan fingerprint density at radius 2 is 1.19 bits per heavy atom. The van der Waals surface area contributed by atoms with Crippen LogP contribution in [0.15, 0.2) is 9.98 Å². The lowest BCUT2D eigenvalue weighted by Crippen LogP contribution is -2.36. The summed E-state index contributed by atoms with van der Waals surface area (Å²) in [6.45, 7) is 19.7. The van der Waals surface area contributed by atoms with Crippen LogP contribution in [0.3, 0.4) is 0 Å². The fourth-order valence-electron chi connectivity index (χ4n) is 6.24. The molecule has 0 aromatic heterocycles. The summed E-state index contributed by atoms with van der Waals surface area (Å²) in [5.74, 6) is 2.75. The Morgan fingerprint density at radius 1 is 0.750 bits per heavy atom. The van der Waals surface area contributed by atoms with Gasteiger partial charge >= 0.3 is 0 Å². The van der Waals surface area contributed by atoms with Gasteiger partial charge in [-0.25, -0.2) is 0 Å². The van der Waals surface area contributed by atoms with Gasteiger partial charge in [0.15, 0.2) is 8.32 Å². The highest BCUT2D eigenvalue weighted by atomic mass is 28.4. The van der Waals surface area contributed by atoms with Crippen LogP contribution >= 0.6 is 0 Å². The molecule has 0 radical (unpaired) electrons. The summed E-state index contributed by atoms with van der Waals surface area (Å²) in [4.78, 5) is 10.8. The van der Waals surface area contributed by atoms with E-state index in [1.165, 1.54) is 68.1 Å². The minimum Gasteiger partial charge on any atom is -0.417 e. The van der Waals surface area contributed by atoms with E-state index in [4.69, 9.17) is 14.4 Å². The smallest absolute Gasteiger partial charge is 0.191 e. The van der Waals surface area contributed by atoms with Crippen molar-refractivity contribution in [2.75, 3.05) is 6.61 Å². The molecule has 2 aliphatic rings. The van der Waals surface area contributed by atoms with Crippen molar-refractivity contribution in [3.8, 4) is 0 Å². The standard InChI is InChI=1S/C28H54N2OSi/c1-9-32(10-2,11-3)31-20-14-19-26(30-28-23(6)17-13-18-24(28)7)25(8)29-27-21(4)15-12-16-22(27)5/h21-24,27-28H,9-20H2,1-8H3. The molecule has 0 bridgehead atoms. The molecule has 4 unspecified atom stereocenters. The number of nitrogens with zero attached hydrogens (tertiary/aromatic N) is 2. The van der Waals surface area contributed by atoms with Crippen LogP contribution in [0.5, 0.6) is 0 Å². The summed E-state index contributed by atoms with van der Waals surface area (Å²) >= 11 is 0. The van der Waals surface area contributed by atoms with Crippen LogP contribution in [0.2, 0.25) is 18.1 Å². The first kappa shape index (κ1) is 27.8. The van der Waals surface area contributed by atoms with Crippen molar-refractivity contribution >= 4 is 19.7 Å². The molecule has 186 valence electrons. The Balaban J connectivity index is 2.17. The lowest BCUT2D eigenvalue weighted by Gasteiger charge is -2.33. The van der Waals surface area contributed by atoms with Crippen molar-refractivity contribution in [2.45, 2.75) is 137 Å². The molecule has 0 aromatic carbocycles. The van der Waals surface area contributed by atoms with Gasteiger partial charge in [-0.05, 0) is 87.3 Å². The maximum absolute atomic E-state index is 6.57. The number of rotatable bonds is 11. The quantitative estimate of drug-likeness (QED) is 0.172. The second-order valence-electron chi connectivity index (χ2n) is 11.2. The van der Waals surface area contributed by atoms with Gasteiger partial charge in [-0.3, -0.25) is 9.98 Å². The van der Waals surface area contributed by atoms with Crippen molar-refractivity contribution < 1.29 is 4.43 Å². The van der Waals surface area contributed by atoms with Crippen molar-refractivity contribution in [2.24, 2.45) is 33.7 Å². The molecule has 32 heavy (non-hydrogen) atoms. The zero-order valence-corrected chi connectivity index (χ0v) is 23.8. The van der Waals surface area contributed by atoms with Gasteiger partial charge < -0.3 is 4.43 Å². The largest absolute Gasteiger partial charge is 0.417 e. The summed E-state index contributed by atoms with van der Waals surface area (Å²) in [6.07, 6.45) is 10.1. The average Bonchev–Trinajstić information content (AvgIpc) is 2.78. The topological polar surface area (TPSA) is 34.0 Å². The van der Waals surface area contributed by atoms with E-state index in [2.05, 4.69) is 55.4 Å². The molecule has 4 heteroatoms. The third-order valence-electron chi connectivity index (χ3n) is 8.93. The highest BCUT2D eigenvalue weighted by Gasteiger charge is 2.31. The van der Waals surface area contributed by atoms with Crippen molar-refractivity contribution in [1.82, 2.24) is 0 Å². The average molecular weight is 463 g/mol. The number of hydrogen-bond acceptors (Lipinski definition) is 3. The molecule has 0 N–H and O–H groups in total. The molecule has 2 rings (SSSR count). The Morgan fingerprint density at radius 3 is 1.62 bits per heavy atom. The van der Waals surface area contributed by atoms with E-state index in [9.17, 15) is 0 Å². The number of aliphatic imine (C=N–C) groups is 2. The fourth-order valence-corrected chi connectivity index (χ4v) is 8.93. The first-order valence-electron chi connectivity index (χ1n) is 14.0. The van der Waals surface area contributed by atoms with Crippen molar-refractivity contribution in [1.29, 1.82) is 0 Å². The molecule has 0 spiro atoms. The zero-order valence-electron chi connectivity index (χ0n) is 22.8. The van der Waals surface area contributed by atoms with Crippen LogP contribution in [0.25, 0.3) is 0 Å². The van der Waals surface area contributed by atoms with E-state index in [-0.39, 0.29) is 0 Å². The molecule has 0 aromatic rings. The van der Waals surface area contributed by atoms with Crippen LogP contribution in [0.1, 0.15) is 107 Å². The van der Waals surface area contributed by atoms with Gasteiger partial charge in [0.1, 0.15) is 0 Å². The van der Waals surface area contributed by atoms with Gasteiger partial charge in [-0.1, -0.05) is 61.3 Å². The lowest BCUT2D eigenvalue weighted by atomic mass is 9.78. The van der Waals surface area contributed by atoms with Gasteiger partial charge in [0.2, 0.25) is 0 Å². The summed E-state index contributed by atoms with van der Waals surface area (Å²) in [5, 5.41) is 0. The molecular weight excluding hydrogens is 408 g/mol. The van der Waals surface area contributed by atoms with Gasteiger partial charge in [-0.15, -0.1) is 0 Å². The molecule has 0 heterocycles. The second-order valence-corrected chi connectivity index (χ2v) is 16.0. The minimum absolute atomic E-state index is 0.460. The number of hydrogen-bond donors (Lipinski definition) is 0. The normalized spacial score (nSPS) is 32.9. The van der Waals surface area contributed by atoms with E-state index in [1.54, 1.807) is 0 Å². The van der Waals surface area contributed by atoms with Crippen LogP contribution in [-0.2, 0) is 4.43 Å². The highest BCUT2D eigenvalue weighted by molar-refractivity contribution is 6.73. The van der Waals surface area contributed by atoms with Crippen LogP contribution in [0, 0.1) is 23.7 Å². The SMILES string of the molecule is CC[Si](CC)(CC)OCCCC(=NC1C(C)CCCC1C)C(C)=NC1C(C)CCCC1C. The van der Waals surface area contributed by atoms with E-state index in [0.717, 1.165) is 19.4 Å². The van der Waals surface area contributed by atoms with Crippen LogP contribution in [0.4, 0.5) is 0 Å². The zero-order chi connectivity index (χ0) is 23.7. The second kappa shape index (κ2) is 13.4. The Bertz CT molecular complexity index is 584. The summed E-state index contributed by atoms with van der Waals surface area (Å²) in [6, 6.07) is 4.62. The lowest BCUT2D eigenvalue weighted by molar-refractivity contribution is 0.251. The fraction of sp³-hybridized carbons (Fsp3) is 0.929. The molecule has 2 fully saturated rings. The Labute approximate surface area is 201 Å². The van der Waals surface area contributed by atoms with E-state index in [0.29, 0.717) is 35.8 Å². The first-order chi connectivity index (χ1) is 15.3. The van der Waals surface area contributed by atoms with E-state index < -0.39 is 8.32 Å². The van der Waals surface area contributed by atoms with Gasteiger partial charge in [-0.2, -0.15) is 0 Å². The Kier molecular flexibility index (Phi) is 11.6. The maximum atomic E-state index is 6.57. The molecule has 0 saturated heterocycles. The maximum Gasteiger partial charge on any atom is 0.191 e. The monoisotopic (exact) mass is 462 g/mol. The molecule has 4 atom stereocenters. The third kappa shape index (κ3) is 7.51. The molecule has 2 saturated carbocycles. The highest BCUT2D eigenvalue weighted by Crippen LogP contribution is 2.33. The predicted octanol–water partition coefficient (Wildman–Crippen LogP) is 8.34. The molecular formula is C28H54N2OSi. The van der Waals surface area contributed by atoms with Gasteiger partial charge in [0, 0.05) is 6.61 Å². The van der Waals surface area contributed by atoms with Crippen LogP contribution in [-0.4, -0.2) is 38.4 Å². The Hall–Kier alpha value is -0.483. The summed E-state index contributed by atoms with van der Waals surface area (Å²) < 4.78 is 6.57. The van der Waals surface area contributed by atoms with Gasteiger partial charge in [0.25, 0.3) is 0 Å². The molecule has 3 nitrogen and oxygen atoms in total. The summed E-state index contributed by atoms with van der Waals surface area (Å²) in [5.41, 5.74) is 2.49. The van der Waals surface area contributed by atoms with E-state index in [1.807, 2.05) is 0 Å².